The quantitative estimate of drug-likeness (QED) is 0.900. The topological polar surface area (TPSA) is 63.2 Å². The Hall–Kier alpha value is -2.63. The van der Waals surface area contributed by atoms with E-state index in [1.54, 1.807) is 7.05 Å². The molecule has 0 saturated carbocycles. The summed E-state index contributed by atoms with van der Waals surface area (Å²) in [5, 5.41) is 5.01. The molecule has 1 aromatic heterocycles. The van der Waals surface area contributed by atoms with Crippen molar-refractivity contribution in [2.75, 3.05) is 17.7 Å². The molecule has 104 valence electrons. The third-order valence-corrected chi connectivity index (χ3v) is 2.54. The molecule has 20 heavy (non-hydrogen) atoms. The third-order valence-electron chi connectivity index (χ3n) is 2.54. The zero-order chi connectivity index (χ0) is 14.4. The van der Waals surface area contributed by atoms with E-state index in [4.69, 9.17) is 4.74 Å². The summed E-state index contributed by atoms with van der Waals surface area (Å²) in [6, 6.07) is 10.4. The first kappa shape index (κ1) is 13.8. The van der Waals surface area contributed by atoms with Crippen LogP contribution in [0, 0.1) is 5.82 Å². The SMILES string of the molecule is CNc1ncc(NC(=O)OCc2ccccc2)cc1F. The van der Waals surface area contributed by atoms with E-state index in [-0.39, 0.29) is 18.1 Å². The minimum Gasteiger partial charge on any atom is -0.444 e. The predicted molar refractivity (Wildman–Crippen MR) is 74.0 cm³/mol. The van der Waals surface area contributed by atoms with Gasteiger partial charge in [-0.3, -0.25) is 5.32 Å². The molecule has 0 fully saturated rings. The Balaban J connectivity index is 1.90. The number of ether oxygens (including phenoxy) is 1. The molecule has 0 saturated heterocycles. The van der Waals surface area contributed by atoms with Gasteiger partial charge in [0.05, 0.1) is 11.9 Å². The number of hydrogen-bond acceptors (Lipinski definition) is 4. The maximum absolute atomic E-state index is 13.4. The van der Waals surface area contributed by atoms with Crippen LogP contribution in [0.15, 0.2) is 42.6 Å². The van der Waals surface area contributed by atoms with Crippen LogP contribution < -0.4 is 10.6 Å². The molecule has 0 aliphatic rings. The number of rotatable bonds is 4. The number of aromatic nitrogens is 1. The number of pyridine rings is 1. The van der Waals surface area contributed by atoms with Crippen molar-refractivity contribution in [1.82, 2.24) is 4.98 Å². The second kappa shape index (κ2) is 6.51. The summed E-state index contributed by atoms with van der Waals surface area (Å²) in [6.07, 6.45) is 0.686. The van der Waals surface area contributed by atoms with Gasteiger partial charge in [-0.25, -0.2) is 14.2 Å². The van der Waals surface area contributed by atoms with E-state index >= 15 is 0 Å². The lowest BCUT2D eigenvalue weighted by Crippen LogP contribution is -2.14. The van der Waals surface area contributed by atoms with Gasteiger partial charge in [-0.15, -0.1) is 0 Å². The van der Waals surface area contributed by atoms with Crippen LogP contribution >= 0.6 is 0 Å². The Labute approximate surface area is 115 Å². The second-order valence-electron chi connectivity index (χ2n) is 3.99. The highest BCUT2D eigenvalue weighted by molar-refractivity contribution is 5.84. The van der Waals surface area contributed by atoms with Gasteiger partial charge in [0, 0.05) is 13.1 Å². The Bertz CT molecular complexity index is 590. The number of halogens is 1. The molecular formula is C14H14FN3O2. The Kier molecular flexibility index (Phi) is 4.49. The molecule has 1 aromatic carbocycles. The van der Waals surface area contributed by atoms with Crippen LogP contribution in [0.2, 0.25) is 0 Å². The highest BCUT2D eigenvalue weighted by atomic mass is 19.1. The lowest BCUT2D eigenvalue weighted by Gasteiger charge is -2.08. The highest BCUT2D eigenvalue weighted by Crippen LogP contribution is 2.15. The number of benzene rings is 1. The largest absolute Gasteiger partial charge is 0.444 e. The van der Waals surface area contributed by atoms with Crippen molar-refractivity contribution in [2.45, 2.75) is 6.61 Å². The van der Waals surface area contributed by atoms with Gasteiger partial charge in [-0.05, 0) is 5.56 Å². The van der Waals surface area contributed by atoms with E-state index in [0.717, 1.165) is 5.56 Å². The number of amides is 1. The van der Waals surface area contributed by atoms with Gasteiger partial charge in [0.1, 0.15) is 6.61 Å². The summed E-state index contributed by atoms with van der Waals surface area (Å²) in [6.45, 7) is 0.150. The summed E-state index contributed by atoms with van der Waals surface area (Å²) < 4.78 is 18.4. The zero-order valence-electron chi connectivity index (χ0n) is 10.9. The van der Waals surface area contributed by atoms with E-state index in [1.807, 2.05) is 30.3 Å². The predicted octanol–water partition coefficient (Wildman–Crippen LogP) is 3.01. The fourth-order valence-corrected chi connectivity index (χ4v) is 1.57. The summed E-state index contributed by atoms with van der Waals surface area (Å²) >= 11 is 0. The van der Waals surface area contributed by atoms with Crippen molar-refractivity contribution >= 4 is 17.6 Å². The average molecular weight is 275 g/mol. The summed E-state index contributed by atoms with van der Waals surface area (Å²) in [4.78, 5) is 15.4. The summed E-state index contributed by atoms with van der Waals surface area (Å²) in [5.74, 6) is -0.429. The van der Waals surface area contributed by atoms with Crippen LogP contribution in [-0.2, 0) is 11.3 Å². The first-order valence-corrected chi connectivity index (χ1v) is 6.00. The molecule has 1 amide bonds. The molecule has 0 unspecified atom stereocenters. The highest BCUT2D eigenvalue weighted by Gasteiger charge is 2.07. The van der Waals surface area contributed by atoms with Crippen LogP contribution in [0.25, 0.3) is 0 Å². The lowest BCUT2D eigenvalue weighted by molar-refractivity contribution is 0.155. The van der Waals surface area contributed by atoms with Crippen LogP contribution in [-0.4, -0.2) is 18.1 Å². The fourth-order valence-electron chi connectivity index (χ4n) is 1.57. The molecule has 5 nitrogen and oxygen atoms in total. The first-order valence-electron chi connectivity index (χ1n) is 6.00. The maximum Gasteiger partial charge on any atom is 0.412 e. The van der Waals surface area contributed by atoms with Gasteiger partial charge >= 0.3 is 6.09 Å². The molecular weight excluding hydrogens is 261 g/mol. The van der Waals surface area contributed by atoms with Crippen molar-refractivity contribution in [2.24, 2.45) is 0 Å². The average Bonchev–Trinajstić information content (AvgIpc) is 2.46. The molecule has 6 heteroatoms. The van der Waals surface area contributed by atoms with Crippen molar-refractivity contribution in [1.29, 1.82) is 0 Å². The van der Waals surface area contributed by atoms with Crippen LogP contribution in [0.3, 0.4) is 0 Å². The minimum atomic E-state index is -0.660. The van der Waals surface area contributed by atoms with Crippen molar-refractivity contribution in [3.05, 3.63) is 54.0 Å². The van der Waals surface area contributed by atoms with Crippen LogP contribution in [0.4, 0.5) is 20.7 Å². The molecule has 0 bridgehead atoms. The normalized spacial score (nSPS) is 9.90. The number of hydrogen-bond donors (Lipinski definition) is 2. The Morgan fingerprint density at radius 1 is 1.35 bits per heavy atom. The van der Waals surface area contributed by atoms with Crippen molar-refractivity contribution in [3.63, 3.8) is 0 Å². The van der Waals surface area contributed by atoms with Crippen LogP contribution in [0.5, 0.6) is 0 Å². The van der Waals surface area contributed by atoms with E-state index in [0.29, 0.717) is 0 Å². The standard InChI is InChI=1S/C14H14FN3O2/c1-16-13-12(15)7-11(8-17-13)18-14(19)20-9-10-5-3-2-4-6-10/h2-8H,9H2,1H3,(H,16,17)(H,18,19). The Morgan fingerprint density at radius 3 is 2.75 bits per heavy atom. The number of nitrogens with zero attached hydrogens (tertiary/aromatic N) is 1. The maximum atomic E-state index is 13.4. The van der Waals surface area contributed by atoms with Gasteiger partial charge in [-0.2, -0.15) is 0 Å². The summed E-state index contributed by atoms with van der Waals surface area (Å²) in [5.41, 5.74) is 1.11. The molecule has 1 heterocycles. The molecule has 0 radical (unpaired) electrons. The first-order chi connectivity index (χ1) is 9.69. The van der Waals surface area contributed by atoms with Crippen molar-refractivity contribution < 1.29 is 13.9 Å². The summed E-state index contributed by atoms with van der Waals surface area (Å²) in [7, 11) is 1.56. The van der Waals surface area contributed by atoms with Gasteiger partial charge in [0.25, 0.3) is 0 Å². The third kappa shape index (κ3) is 3.68. The monoisotopic (exact) mass is 275 g/mol. The van der Waals surface area contributed by atoms with E-state index in [2.05, 4.69) is 15.6 Å². The molecule has 0 aliphatic carbocycles. The molecule has 0 atom stereocenters. The number of carbonyl (C=O) groups excluding carboxylic acids is 1. The zero-order valence-corrected chi connectivity index (χ0v) is 10.9. The minimum absolute atomic E-state index is 0.119. The molecule has 0 aliphatic heterocycles. The van der Waals surface area contributed by atoms with Crippen molar-refractivity contribution in [3.8, 4) is 0 Å². The van der Waals surface area contributed by atoms with E-state index in [9.17, 15) is 9.18 Å². The molecule has 2 rings (SSSR count). The number of anilines is 2. The molecule has 2 aromatic rings. The van der Waals surface area contributed by atoms with E-state index in [1.165, 1.54) is 12.3 Å². The molecule has 0 spiro atoms. The fraction of sp³-hybridized carbons (Fsp3) is 0.143. The van der Waals surface area contributed by atoms with Crippen LogP contribution in [0.1, 0.15) is 5.56 Å². The number of carbonyl (C=O) groups is 1. The number of nitrogens with one attached hydrogen (secondary N) is 2. The van der Waals surface area contributed by atoms with Gasteiger partial charge < -0.3 is 10.1 Å². The van der Waals surface area contributed by atoms with Gasteiger partial charge in [-0.1, -0.05) is 30.3 Å². The smallest absolute Gasteiger partial charge is 0.412 e. The van der Waals surface area contributed by atoms with Gasteiger partial charge in [0.15, 0.2) is 11.6 Å². The molecule has 2 N–H and O–H groups in total. The van der Waals surface area contributed by atoms with E-state index < -0.39 is 11.9 Å². The second-order valence-corrected chi connectivity index (χ2v) is 3.99. The van der Waals surface area contributed by atoms with Gasteiger partial charge in [0.2, 0.25) is 0 Å². The lowest BCUT2D eigenvalue weighted by atomic mass is 10.2. The Morgan fingerprint density at radius 2 is 2.10 bits per heavy atom.